The molecular weight excluding hydrogens is 190 g/mol. The van der Waals surface area contributed by atoms with E-state index in [4.69, 9.17) is 4.74 Å². The normalized spacial score (nSPS) is 20.6. The molecule has 1 fully saturated rings. The second-order valence-electron chi connectivity index (χ2n) is 4.93. The number of hydrogen-bond donors (Lipinski definition) is 1. The monoisotopic (exact) mass is 215 g/mol. The van der Waals surface area contributed by atoms with Crippen molar-refractivity contribution in [2.24, 2.45) is 5.92 Å². The van der Waals surface area contributed by atoms with E-state index in [1.54, 1.807) is 0 Å². The van der Waals surface area contributed by atoms with Crippen LogP contribution in [0.4, 0.5) is 0 Å². The van der Waals surface area contributed by atoms with Gasteiger partial charge in [-0.05, 0) is 46.1 Å². The summed E-state index contributed by atoms with van der Waals surface area (Å²) < 4.78 is 5.58. The molecule has 0 amide bonds. The third kappa shape index (κ3) is 6.13. The summed E-state index contributed by atoms with van der Waals surface area (Å²) in [6, 6.07) is 0.425. The zero-order chi connectivity index (χ0) is 11.3. The highest BCUT2D eigenvalue weighted by atomic mass is 16.5. The van der Waals surface area contributed by atoms with E-state index >= 15 is 0 Å². The Morgan fingerprint density at radius 3 is 2.60 bits per heavy atom. The van der Waals surface area contributed by atoms with Gasteiger partial charge < -0.3 is 14.7 Å². The summed E-state index contributed by atoms with van der Waals surface area (Å²) in [7, 11) is 2.09. The van der Waals surface area contributed by atoms with Crippen LogP contribution in [0.15, 0.2) is 0 Å². The standard InChI is InChI=1S/C12H25NO2/c1-10(8-11(2)14)13(3)6-7-15-9-12-4-5-12/h10-12,14H,4-9H2,1-3H3. The maximum Gasteiger partial charge on any atom is 0.0593 e. The third-order valence-electron chi connectivity index (χ3n) is 3.07. The second-order valence-corrected chi connectivity index (χ2v) is 4.93. The van der Waals surface area contributed by atoms with Crippen LogP contribution in [-0.2, 0) is 4.74 Å². The van der Waals surface area contributed by atoms with Crippen molar-refractivity contribution in [1.82, 2.24) is 4.90 Å². The predicted octanol–water partition coefficient (Wildman–Crippen LogP) is 1.50. The van der Waals surface area contributed by atoms with Crippen molar-refractivity contribution < 1.29 is 9.84 Å². The minimum Gasteiger partial charge on any atom is -0.393 e. The smallest absolute Gasteiger partial charge is 0.0593 e. The average molecular weight is 215 g/mol. The summed E-state index contributed by atoms with van der Waals surface area (Å²) in [6.45, 7) is 6.71. The Bertz CT molecular complexity index is 169. The second kappa shape index (κ2) is 6.46. The van der Waals surface area contributed by atoms with Crippen molar-refractivity contribution >= 4 is 0 Å². The first-order chi connectivity index (χ1) is 7.09. The molecule has 0 aromatic carbocycles. The number of nitrogens with zero attached hydrogens (tertiary/aromatic N) is 1. The Balaban J connectivity index is 1.97. The highest BCUT2D eigenvalue weighted by molar-refractivity contribution is 4.72. The molecule has 2 unspecified atom stereocenters. The summed E-state index contributed by atoms with van der Waals surface area (Å²) in [5.41, 5.74) is 0. The first-order valence-electron chi connectivity index (χ1n) is 6.05. The van der Waals surface area contributed by atoms with Crippen molar-refractivity contribution in [3.63, 3.8) is 0 Å². The summed E-state index contributed by atoms with van der Waals surface area (Å²) in [5.74, 6) is 0.852. The highest BCUT2D eigenvalue weighted by Crippen LogP contribution is 2.28. The molecule has 1 saturated carbocycles. The van der Waals surface area contributed by atoms with E-state index in [9.17, 15) is 5.11 Å². The molecule has 3 nitrogen and oxygen atoms in total. The summed E-state index contributed by atoms with van der Waals surface area (Å²) >= 11 is 0. The molecule has 1 rings (SSSR count). The molecule has 3 heteroatoms. The molecule has 0 bridgehead atoms. The van der Waals surface area contributed by atoms with Gasteiger partial charge in [-0.1, -0.05) is 0 Å². The van der Waals surface area contributed by atoms with E-state index in [2.05, 4.69) is 18.9 Å². The van der Waals surface area contributed by atoms with Crippen LogP contribution in [-0.4, -0.2) is 49.0 Å². The third-order valence-corrected chi connectivity index (χ3v) is 3.07. The molecule has 0 heterocycles. The number of hydrogen-bond acceptors (Lipinski definition) is 3. The highest BCUT2D eigenvalue weighted by Gasteiger charge is 2.21. The fourth-order valence-electron chi connectivity index (χ4n) is 1.64. The van der Waals surface area contributed by atoms with Crippen molar-refractivity contribution in [3.8, 4) is 0 Å². The van der Waals surface area contributed by atoms with Crippen LogP contribution in [0.5, 0.6) is 0 Å². The van der Waals surface area contributed by atoms with E-state index in [1.165, 1.54) is 12.8 Å². The molecule has 15 heavy (non-hydrogen) atoms. The first-order valence-corrected chi connectivity index (χ1v) is 6.05. The topological polar surface area (TPSA) is 32.7 Å². The van der Waals surface area contributed by atoms with Gasteiger partial charge in [0.05, 0.1) is 12.7 Å². The van der Waals surface area contributed by atoms with Crippen molar-refractivity contribution in [2.75, 3.05) is 26.8 Å². The van der Waals surface area contributed by atoms with Gasteiger partial charge in [0, 0.05) is 19.2 Å². The van der Waals surface area contributed by atoms with Crippen molar-refractivity contribution in [2.45, 2.75) is 45.3 Å². The molecule has 0 aliphatic heterocycles. The largest absolute Gasteiger partial charge is 0.393 e. The Hall–Kier alpha value is -0.120. The van der Waals surface area contributed by atoms with E-state index in [1.807, 2.05) is 6.92 Å². The minimum absolute atomic E-state index is 0.213. The van der Waals surface area contributed by atoms with Crippen LogP contribution in [0.2, 0.25) is 0 Å². The van der Waals surface area contributed by atoms with E-state index < -0.39 is 0 Å². The van der Waals surface area contributed by atoms with Gasteiger partial charge in [-0.15, -0.1) is 0 Å². The van der Waals surface area contributed by atoms with Gasteiger partial charge in [-0.2, -0.15) is 0 Å². The van der Waals surface area contributed by atoms with Crippen LogP contribution in [0.3, 0.4) is 0 Å². The van der Waals surface area contributed by atoms with E-state index in [0.717, 1.165) is 32.1 Å². The summed E-state index contributed by atoms with van der Waals surface area (Å²) in [4.78, 5) is 2.25. The van der Waals surface area contributed by atoms with Gasteiger partial charge >= 0.3 is 0 Å². The molecule has 0 spiro atoms. The van der Waals surface area contributed by atoms with Gasteiger partial charge in [0.2, 0.25) is 0 Å². The van der Waals surface area contributed by atoms with Crippen molar-refractivity contribution in [1.29, 1.82) is 0 Å². The fourth-order valence-corrected chi connectivity index (χ4v) is 1.64. The Morgan fingerprint density at radius 1 is 1.40 bits per heavy atom. The number of rotatable bonds is 8. The SMILES string of the molecule is CC(O)CC(C)N(C)CCOCC1CC1. The van der Waals surface area contributed by atoms with Gasteiger partial charge in [0.25, 0.3) is 0 Å². The Labute approximate surface area is 93.4 Å². The molecular formula is C12H25NO2. The lowest BCUT2D eigenvalue weighted by molar-refractivity contribution is 0.0799. The summed E-state index contributed by atoms with van der Waals surface area (Å²) in [6.07, 6.45) is 3.33. The molecule has 0 aromatic heterocycles. The lowest BCUT2D eigenvalue weighted by Crippen LogP contribution is -2.34. The molecule has 1 aliphatic rings. The maximum atomic E-state index is 9.27. The molecule has 90 valence electrons. The van der Waals surface area contributed by atoms with Crippen LogP contribution < -0.4 is 0 Å². The van der Waals surface area contributed by atoms with Gasteiger partial charge in [-0.25, -0.2) is 0 Å². The van der Waals surface area contributed by atoms with Crippen LogP contribution >= 0.6 is 0 Å². The zero-order valence-corrected chi connectivity index (χ0v) is 10.3. The van der Waals surface area contributed by atoms with Gasteiger partial charge in [0.15, 0.2) is 0 Å². The fraction of sp³-hybridized carbons (Fsp3) is 1.00. The number of ether oxygens (including phenoxy) is 1. The van der Waals surface area contributed by atoms with Crippen LogP contribution in [0.25, 0.3) is 0 Å². The van der Waals surface area contributed by atoms with Crippen LogP contribution in [0.1, 0.15) is 33.1 Å². The maximum absolute atomic E-state index is 9.27. The lowest BCUT2D eigenvalue weighted by Gasteiger charge is -2.25. The average Bonchev–Trinajstić information content (AvgIpc) is 2.94. The van der Waals surface area contributed by atoms with E-state index in [0.29, 0.717) is 6.04 Å². The lowest BCUT2D eigenvalue weighted by atomic mass is 10.1. The predicted molar refractivity (Wildman–Crippen MR) is 61.9 cm³/mol. The molecule has 0 saturated heterocycles. The van der Waals surface area contributed by atoms with Gasteiger partial charge in [-0.3, -0.25) is 0 Å². The minimum atomic E-state index is -0.213. The molecule has 2 atom stereocenters. The molecule has 1 aliphatic carbocycles. The molecule has 1 N–H and O–H groups in total. The Morgan fingerprint density at radius 2 is 2.07 bits per heavy atom. The quantitative estimate of drug-likeness (QED) is 0.623. The number of aliphatic hydroxyl groups is 1. The summed E-state index contributed by atoms with van der Waals surface area (Å²) in [5, 5.41) is 9.27. The number of aliphatic hydroxyl groups excluding tert-OH is 1. The molecule has 0 aromatic rings. The van der Waals surface area contributed by atoms with Crippen molar-refractivity contribution in [3.05, 3.63) is 0 Å². The van der Waals surface area contributed by atoms with E-state index in [-0.39, 0.29) is 6.10 Å². The first kappa shape index (κ1) is 12.9. The van der Waals surface area contributed by atoms with Gasteiger partial charge in [0.1, 0.15) is 0 Å². The van der Waals surface area contributed by atoms with Crippen LogP contribution in [0, 0.1) is 5.92 Å². The zero-order valence-electron chi connectivity index (χ0n) is 10.3. The Kier molecular flexibility index (Phi) is 5.58. The molecule has 0 radical (unpaired) electrons. The number of likely N-dealkylation sites (N-methyl/N-ethyl adjacent to an activating group) is 1.